The Morgan fingerprint density at radius 1 is 0.682 bits per heavy atom. The molecule has 0 fully saturated rings. The van der Waals surface area contributed by atoms with Gasteiger partial charge in [-0.05, 0) is 48.3 Å². The van der Waals surface area contributed by atoms with Gasteiger partial charge in [0.15, 0.2) is 0 Å². The third kappa shape index (κ3) is 6.57. The van der Waals surface area contributed by atoms with Crippen LogP contribution in [0.4, 0.5) is 0 Å². The maximum atomic E-state index is 5.80. The molecule has 2 aromatic rings. The fraction of sp³-hybridized carbons (Fsp3) is 0.400. The van der Waals surface area contributed by atoms with E-state index in [9.17, 15) is 0 Å². The molecule has 0 radical (unpaired) electrons. The summed E-state index contributed by atoms with van der Waals surface area (Å²) < 4.78 is 5.80. The summed E-state index contributed by atoms with van der Waals surface area (Å²) in [4.78, 5) is 0. The lowest BCUT2D eigenvalue weighted by atomic mass is 10.1. The van der Waals surface area contributed by atoms with Gasteiger partial charge in [-0.25, -0.2) is 0 Å². The molecule has 1 nitrogen and oxygen atoms in total. The fourth-order valence-corrected chi connectivity index (χ4v) is 2.69. The highest BCUT2D eigenvalue weighted by Crippen LogP contribution is 2.16. The lowest BCUT2D eigenvalue weighted by Crippen LogP contribution is -1.97. The van der Waals surface area contributed by atoms with Gasteiger partial charge in [-0.1, -0.05) is 61.7 Å². The summed E-state index contributed by atoms with van der Waals surface area (Å²) >= 11 is 4.23. The first-order valence-corrected chi connectivity index (χ1v) is 8.88. The first-order valence-electron chi connectivity index (χ1n) is 8.25. The summed E-state index contributed by atoms with van der Waals surface area (Å²) in [5, 5.41) is 0. The minimum atomic E-state index is 0.818. The highest BCUT2D eigenvalue weighted by molar-refractivity contribution is 7.80. The molecule has 0 N–H and O–H groups in total. The molecule has 2 rings (SSSR count). The minimum Gasteiger partial charge on any atom is -0.494 e. The van der Waals surface area contributed by atoms with Crippen LogP contribution in [-0.2, 0) is 6.42 Å². The van der Waals surface area contributed by atoms with E-state index >= 15 is 0 Å². The summed E-state index contributed by atoms with van der Waals surface area (Å²) in [6, 6.07) is 19.0. The van der Waals surface area contributed by atoms with Crippen molar-refractivity contribution in [2.24, 2.45) is 0 Å². The van der Waals surface area contributed by atoms with Gasteiger partial charge in [0, 0.05) is 0 Å². The molecule has 0 aliphatic rings. The van der Waals surface area contributed by atoms with E-state index in [1.165, 1.54) is 36.8 Å². The second-order valence-electron chi connectivity index (χ2n) is 5.65. The first-order chi connectivity index (χ1) is 10.9. The molecule has 22 heavy (non-hydrogen) atoms. The van der Waals surface area contributed by atoms with Gasteiger partial charge in [-0.3, -0.25) is 0 Å². The number of ether oxygens (including phenoxy) is 1. The number of unbranched alkanes of at least 4 members (excludes halogenated alkanes) is 4. The van der Waals surface area contributed by atoms with E-state index in [0.717, 1.165) is 31.0 Å². The monoisotopic (exact) mass is 314 g/mol. The van der Waals surface area contributed by atoms with Gasteiger partial charge in [-0.2, -0.15) is 12.6 Å². The van der Waals surface area contributed by atoms with Crippen LogP contribution in [0.3, 0.4) is 0 Å². The van der Waals surface area contributed by atoms with Crippen LogP contribution in [0.25, 0.3) is 0 Å². The molecule has 0 saturated heterocycles. The summed E-state index contributed by atoms with van der Waals surface area (Å²) in [5.41, 5.74) is 2.67. The van der Waals surface area contributed by atoms with Crippen LogP contribution in [0, 0.1) is 0 Å². The summed E-state index contributed by atoms with van der Waals surface area (Å²) in [6.07, 6.45) is 7.18. The SMILES string of the molecule is SCCCCCCCOc1ccc(Cc2ccccc2)cc1. The fourth-order valence-electron chi connectivity index (χ4n) is 2.47. The zero-order chi connectivity index (χ0) is 15.5. The molecule has 0 saturated carbocycles. The molecular weight excluding hydrogens is 288 g/mol. The Labute approximate surface area is 140 Å². The van der Waals surface area contributed by atoms with Crippen LogP contribution in [0.15, 0.2) is 54.6 Å². The lowest BCUT2D eigenvalue weighted by Gasteiger charge is -2.07. The van der Waals surface area contributed by atoms with Crippen molar-refractivity contribution in [2.75, 3.05) is 12.4 Å². The maximum Gasteiger partial charge on any atom is 0.119 e. The van der Waals surface area contributed by atoms with Crippen LogP contribution >= 0.6 is 12.6 Å². The third-order valence-corrected chi connectivity index (χ3v) is 4.06. The maximum absolute atomic E-state index is 5.80. The predicted molar refractivity (Wildman–Crippen MR) is 98.1 cm³/mol. The Kier molecular flexibility index (Phi) is 7.97. The number of hydrogen-bond acceptors (Lipinski definition) is 2. The minimum absolute atomic E-state index is 0.818. The van der Waals surface area contributed by atoms with Crippen molar-refractivity contribution in [1.29, 1.82) is 0 Å². The van der Waals surface area contributed by atoms with Crippen molar-refractivity contribution in [3.05, 3.63) is 65.7 Å². The lowest BCUT2D eigenvalue weighted by molar-refractivity contribution is 0.304. The van der Waals surface area contributed by atoms with Gasteiger partial charge in [0.2, 0.25) is 0 Å². The van der Waals surface area contributed by atoms with Crippen molar-refractivity contribution in [3.63, 3.8) is 0 Å². The van der Waals surface area contributed by atoms with Gasteiger partial charge < -0.3 is 4.74 Å². The standard InChI is InChI=1S/C20H26OS/c22-16-8-3-1-2-7-15-21-20-13-11-19(12-14-20)17-18-9-5-4-6-10-18/h4-6,9-14,22H,1-3,7-8,15-17H2. The zero-order valence-electron chi connectivity index (χ0n) is 13.2. The van der Waals surface area contributed by atoms with Gasteiger partial charge in [0.05, 0.1) is 6.61 Å². The molecule has 2 heteroatoms. The Morgan fingerprint density at radius 3 is 2.05 bits per heavy atom. The Hall–Kier alpha value is -1.41. The van der Waals surface area contributed by atoms with Crippen molar-refractivity contribution in [1.82, 2.24) is 0 Å². The second kappa shape index (κ2) is 10.3. The molecule has 0 heterocycles. The Morgan fingerprint density at radius 2 is 1.32 bits per heavy atom. The number of thiol groups is 1. The number of rotatable bonds is 10. The van der Waals surface area contributed by atoms with Crippen LogP contribution in [0.1, 0.15) is 43.2 Å². The quantitative estimate of drug-likeness (QED) is 0.448. The van der Waals surface area contributed by atoms with E-state index in [4.69, 9.17) is 4.74 Å². The van der Waals surface area contributed by atoms with Gasteiger partial charge in [-0.15, -0.1) is 0 Å². The van der Waals surface area contributed by atoms with E-state index in [0.29, 0.717) is 0 Å². The van der Waals surface area contributed by atoms with E-state index in [-0.39, 0.29) is 0 Å². The number of hydrogen-bond donors (Lipinski definition) is 1. The molecule has 0 bridgehead atoms. The average Bonchev–Trinajstić information content (AvgIpc) is 2.56. The zero-order valence-corrected chi connectivity index (χ0v) is 14.1. The highest BCUT2D eigenvalue weighted by atomic mass is 32.1. The molecule has 0 aliphatic heterocycles. The average molecular weight is 314 g/mol. The van der Waals surface area contributed by atoms with Gasteiger partial charge in [0.1, 0.15) is 5.75 Å². The third-order valence-electron chi connectivity index (χ3n) is 3.75. The van der Waals surface area contributed by atoms with E-state index in [1.54, 1.807) is 0 Å². The Balaban J connectivity index is 1.66. The molecule has 0 amide bonds. The normalized spacial score (nSPS) is 10.6. The van der Waals surface area contributed by atoms with E-state index in [1.807, 2.05) is 0 Å². The topological polar surface area (TPSA) is 9.23 Å². The largest absolute Gasteiger partial charge is 0.494 e. The Bertz CT molecular complexity index is 507. The van der Waals surface area contributed by atoms with Crippen LogP contribution < -0.4 is 4.74 Å². The van der Waals surface area contributed by atoms with Crippen molar-refractivity contribution in [2.45, 2.75) is 38.5 Å². The summed E-state index contributed by atoms with van der Waals surface area (Å²) in [6.45, 7) is 0.818. The predicted octanol–water partition coefficient (Wildman–Crippen LogP) is 5.54. The van der Waals surface area contributed by atoms with Gasteiger partial charge in [0.25, 0.3) is 0 Å². The molecule has 0 unspecified atom stereocenters. The molecule has 0 aromatic heterocycles. The van der Waals surface area contributed by atoms with Crippen LogP contribution in [0.5, 0.6) is 5.75 Å². The first kappa shape index (κ1) is 17.0. The van der Waals surface area contributed by atoms with Crippen molar-refractivity contribution >= 4 is 12.6 Å². The van der Waals surface area contributed by atoms with Crippen LogP contribution in [0.2, 0.25) is 0 Å². The summed E-state index contributed by atoms with van der Waals surface area (Å²) in [5.74, 6) is 1.98. The van der Waals surface area contributed by atoms with Crippen molar-refractivity contribution < 1.29 is 4.74 Å². The molecule has 118 valence electrons. The molecule has 2 aromatic carbocycles. The molecule has 0 spiro atoms. The molecular formula is C20H26OS. The molecule has 0 atom stereocenters. The molecule has 0 aliphatic carbocycles. The van der Waals surface area contributed by atoms with Crippen LogP contribution in [-0.4, -0.2) is 12.4 Å². The highest BCUT2D eigenvalue weighted by Gasteiger charge is 1.98. The smallest absolute Gasteiger partial charge is 0.119 e. The van der Waals surface area contributed by atoms with Crippen molar-refractivity contribution in [3.8, 4) is 5.75 Å². The van der Waals surface area contributed by atoms with E-state index < -0.39 is 0 Å². The van der Waals surface area contributed by atoms with E-state index in [2.05, 4.69) is 67.2 Å². The number of benzene rings is 2. The van der Waals surface area contributed by atoms with Gasteiger partial charge >= 0.3 is 0 Å². The second-order valence-corrected chi connectivity index (χ2v) is 6.09. The summed E-state index contributed by atoms with van der Waals surface area (Å²) in [7, 11) is 0.